The average Bonchev–Trinajstić information content (AvgIpc) is 1.65. The number of nitrogens with two attached hydrogens (primary N) is 1. The van der Waals surface area contributed by atoms with Crippen LogP contribution in [0.1, 0.15) is 0 Å². The van der Waals surface area contributed by atoms with E-state index in [4.69, 9.17) is 10.9 Å². The van der Waals surface area contributed by atoms with Crippen LogP contribution in [0.3, 0.4) is 0 Å². The van der Waals surface area contributed by atoms with E-state index in [0.29, 0.717) is 6.54 Å². The summed E-state index contributed by atoms with van der Waals surface area (Å²) < 4.78 is 0. The third kappa shape index (κ3) is 1.54. The van der Waals surface area contributed by atoms with Crippen molar-refractivity contribution in [1.29, 1.82) is 0 Å². The average molecular weight is 90.1 g/mol. The van der Waals surface area contributed by atoms with Crippen LogP contribution in [0.2, 0.25) is 0 Å². The van der Waals surface area contributed by atoms with Crippen LogP contribution < -0.4 is 11.5 Å². The zero-order chi connectivity index (χ0) is 4.99. The molecule has 0 aromatic carbocycles. The zero-order valence-corrected chi connectivity index (χ0v) is 3.39. The molecule has 0 spiro atoms. The van der Waals surface area contributed by atoms with Gasteiger partial charge >= 0.3 is 0 Å². The minimum absolute atomic E-state index is 0.162. The van der Waals surface area contributed by atoms with E-state index < -0.39 is 0 Å². The Bertz CT molecular complexity index is 59.8. The van der Waals surface area contributed by atoms with Gasteiger partial charge in [0.05, 0.1) is 0 Å². The van der Waals surface area contributed by atoms with Gasteiger partial charge in [0.25, 0.3) is 0 Å². The van der Waals surface area contributed by atoms with Gasteiger partial charge in [0.2, 0.25) is 0 Å². The smallest absolute Gasteiger partial charge is 0.194 e. The molecule has 0 heterocycles. The molecule has 4 nitrogen and oxygen atoms in total. The van der Waals surface area contributed by atoms with Crippen molar-refractivity contribution in [3.63, 3.8) is 0 Å². The summed E-state index contributed by atoms with van der Waals surface area (Å²) in [5.74, 6) is 0.162. The zero-order valence-electron chi connectivity index (χ0n) is 3.39. The Morgan fingerprint density at radius 3 is 2.50 bits per heavy atom. The highest BCUT2D eigenvalue weighted by Crippen LogP contribution is 1.50. The Morgan fingerprint density at radius 2 is 2.50 bits per heavy atom. The third-order valence-electron chi connectivity index (χ3n) is 0.385. The molecule has 6 heavy (non-hydrogen) atoms. The minimum Gasteiger partial charge on any atom is -0.409 e. The van der Waals surface area contributed by atoms with E-state index in [2.05, 4.69) is 10.9 Å². The normalized spacial score (nSPS) is 11.8. The van der Waals surface area contributed by atoms with Gasteiger partial charge in [-0.1, -0.05) is 5.16 Å². The Morgan fingerprint density at radius 1 is 2.00 bits per heavy atom. The lowest BCUT2D eigenvalue weighted by atomic mass is 10.6. The summed E-state index contributed by atoms with van der Waals surface area (Å²) in [6.45, 7) is 0.358. The van der Waals surface area contributed by atoms with E-state index in [0.717, 1.165) is 0 Å². The van der Waals surface area contributed by atoms with Crippen LogP contribution >= 0.6 is 0 Å². The van der Waals surface area contributed by atoms with Gasteiger partial charge in [-0.05, 0) is 0 Å². The quantitative estimate of drug-likeness (QED) is 0.150. The largest absolute Gasteiger partial charge is 0.409 e. The van der Waals surface area contributed by atoms with Gasteiger partial charge in [0.15, 0.2) is 5.84 Å². The van der Waals surface area contributed by atoms with Gasteiger partial charge in [0, 0.05) is 0 Å². The van der Waals surface area contributed by atoms with E-state index in [-0.39, 0.29) is 5.84 Å². The van der Waals surface area contributed by atoms with Crippen LogP contribution in [0.5, 0.6) is 0 Å². The molecular weight excluding hydrogens is 82.0 g/mol. The Labute approximate surface area is 35.4 Å². The van der Waals surface area contributed by atoms with E-state index in [1.54, 1.807) is 0 Å². The van der Waals surface area contributed by atoms with Crippen LogP contribution in [0.25, 0.3) is 0 Å². The second kappa shape index (κ2) is 2.47. The predicted molar refractivity (Wildman–Crippen MR) is 21.2 cm³/mol. The molecule has 0 atom stereocenters. The van der Waals surface area contributed by atoms with Crippen molar-refractivity contribution in [2.45, 2.75) is 0 Å². The number of amidine groups is 1. The first kappa shape index (κ1) is 5.23. The highest BCUT2D eigenvalue weighted by Gasteiger charge is 1.82. The number of hydrogen-bond acceptors (Lipinski definition) is 2. The van der Waals surface area contributed by atoms with Crippen molar-refractivity contribution in [3.8, 4) is 0 Å². The molecule has 0 bridgehead atoms. The molecule has 0 saturated carbocycles. The van der Waals surface area contributed by atoms with Crippen molar-refractivity contribution in [2.24, 2.45) is 10.9 Å². The minimum atomic E-state index is 0.162. The predicted octanol–water partition coefficient (Wildman–Crippen LogP) is -2.03. The molecule has 0 aliphatic carbocycles. The summed E-state index contributed by atoms with van der Waals surface area (Å²) in [6.07, 6.45) is 0. The molecule has 0 radical (unpaired) electrons. The van der Waals surface area contributed by atoms with Gasteiger partial charge in [-0.15, -0.1) is 0 Å². The van der Waals surface area contributed by atoms with Crippen LogP contribution in [0, 0.1) is 0 Å². The lowest BCUT2D eigenvalue weighted by Crippen LogP contribution is -2.56. The highest BCUT2D eigenvalue weighted by molar-refractivity contribution is 5.80. The molecule has 0 aromatic heterocycles. The van der Waals surface area contributed by atoms with Crippen molar-refractivity contribution in [3.05, 3.63) is 0 Å². The maximum absolute atomic E-state index is 7.76. The maximum atomic E-state index is 7.76. The summed E-state index contributed by atoms with van der Waals surface area (Å²) in [7, 11) is 0. The van der Waals surface area contributed by atoms with Crippen molar-refractivity contribution in [1.82, 2.24) is 0 Å². The molecule has 0 aromatic rings. The molecule has 0 amide bonds. The van der Waals surface area contributed by atoms with Gasteiger partial charge in [0.1, 0.15) is 6.54 Å². The highest BCUT2D eigenvalue weighted by atomic mass is 16.4. The van der Waals surface area contributed by atoms with E-state index in [1.807, 2.05) is 0 Å². The number of rotatable bonds is 1. The summed E-state index contributed by atoms with van der Waals surface area (Å²) in [5.41, 5.74) is 8.25. The van der Waals surface area contributed by atoms with Crippen molar-refractivity contribution >= 4 is 5.84 Å². The first-order chi connectivity index (χ1) is 2.81. The first-order valence-electron chi connectivity index (χ1n) is 1.57. The fourth-order valence-corrected chi connectivity index (χ4v) is 0.0500. The van der Waals surface area contributed by atoms with E-state index in [9.17, 15) is 0 Å². The molecule has 0 aliphatic heterocycles. The van der Waals surface area contributed by atoms with Gasteiger partial charge in [-0.3, -0.25) is 0 Å². The molecule has 0 aliphatic rings. The topological polar surface area (TPSA) is 86.2 Å². The number of oxime groups is 1. The standard InChI is InChI=1S/C2H7N3O/c3-1-2(4)5-6/h6H,1,3H2,(H2,4,5)/p+1. The Hall–Kier alpha value is -0.770. The van der Waals surface area contributed by atoms with Gasteiger partial charge in [-0.2, -0.15) is 0 Å². The molecule has 0 rings (SSSR count). The maximum Gasteiger partial charge on any atom is 0.194 e. The monoisotopic (exact) mass is 90.1 g/mol. The summed E-state index contributed by atoms with van der Waals surface area (Å²) >= 11 is 0. The molecule has 0 saturated heterocycles. The SMILES string of the molecule is NC(C[NH3+])=NO. The Balaban J connectivity index is 3.22. The first-order valence-corrected chi connectivity index (χ1v) is 1.57. The second-order valence-corrected chi connectivity index (χ2v) is 0.841. The van der Waals surface area contributed by atoms with Crippen LogP contribution in [-0.4, -0.2) is 17.6 Å². The molecule has 4 heteroatoms. The fourth-order valence-electron chi connectivity index (χ4n) is 0.0500. The molecular formula is C2H8N3O+. The lowest BCUT2D eigenvalue weighted by Gasteiger charge is -1.80. The van der Waals surface area contributed by atoms with Gasteiger partial charge in [-0.25, -0.2) is 0 Å². The van der Waals surface area contributed by atoms with Crippen molar-refractivity contribution in [2.75, 3.05) is 6.54 Å². The Kier molecular flexibility index (Phi) is 2.15. The molecule has 0 fully saturated rings. The summed E-state index contributed by atoms with van der Waals surface area (Å²) in [5, 5.41) is 10.4. The summed E-state index contributed by atoms with van der Waals surface area (Å²) in [4.78, 5) is 0. The summed E-state index contributed by atoms with van der Waals surface area (Å²) in [6, 6.07) is 0. The van der Waals surface area contributed by atoms with Gasteiger partial charge < -0.3 is 16.7 Å². The fraction of sp³-hybridized carbons (Fsp3) is 0.500. The van der Waals surface area contributed by atoms with E-state index in [1.165, 1.54) is 0 Å². The molecule has 36 valence electrons. The van der Waals surface area contributed by atoms with E-state index >= 15 is 0 Å². The number of hydrogen-bond donors (Lipinski definition) is 3. The molecule has 0 unspecified atom stereocenters. The third-order valence-corrected chi connectivity index (χ3v) is 0.385. The second-order valence-electron chi connectivity index (χ2n) is 0.841. The molecule has 6 N–H and O–H groups in total. The van der Waals surface area contributed by atoms with Crippen LogP contribution in [-0.2, 0) is 0 Å². The van der Waals surface area contributed by atoms with Crippen molar-refractivity contribution < 1.29 is 10.9 Å². The number of quaternary nitrogens is 1. The number of nitrogens with zero attached hydrogens (tertiary/aromatic N) is 1. The van der Waals surface area contributed by atoms with Crippen LogP contribution in [0.4, 0.5) is 0 Å². The van der Waals surface area contributed by atoms with Crippen LogP contribution in [0.15, 0.2) is 5.16 Å². The lowest BCUT2D eigenvalue weighted by molar-refractivity contribution is -0.346.